The summed E-state index contributed by atoms with van der Waals surface area (Å²) in [6.07, 6.45) is 0.842. The lowest BCUT2D eigenvalue weighted by atomic mass is 9.90. The van der Waals surface area contributed by atoms with Crippen molar-refractivity contribution < 1.29 is 14.3 Å². The molecule has 0 aliphatic rings. The zero-order valence-corrected chi connectivity index (χ0v) is 20.1. The van der Waals surface area contributed by atoms with Crippen LogP contribution in [0.3, 0.4) is 0 Å². The fourth-order valence-electron chi connectivity index (χ4n) is 3.97. The normalized spacial score (nSPS) is 11.0. The van der Waals surface area contributed by atoms with Crippen LogP contribution in [0.25, 0.3) is 11.1 Å². The number of aryl methyl sites for hydroxylation is 2. The van der Waals surface area contributed by atoms with E-state index in [9.17, 15) is 4.79 Å². The Morgan fingerprint density at radius 2 is 1.76 bits per heavy atom. The highest BCUT2D eigenvalue weighted by Crippen LogP contribution is 2.34. The monoisotopic (exact) mass is 447 g/mol. The van der Waals surface area contributed by atoms with Gasteiger partial charge in [0.15, 0.2) is 0 Å². The lowest BCUT2D eigenvalue weighted by Gasteiger charge is -2.22. The van der Waals surface area contributed by atoms with E-state index in [0.717, 1.165) is 40.1 Å². The van der Waals surface area contributed by atoms with Gasteiger partial charge in [-0.1, -0.05) is 43.7 Å². The summed E-state index contributed by atoms with van der Waals surface area (Å²) in [5.41, 5.74) is 19.3. The number of amides is 1. The van der Waals surface area contributed by atoms with Crippen LogP contribution in [0.5, 0.6) is 11.5 Å². The highest BCUT2D eigenvalue weighted by atomic mass is 16.5. The van der Waals surface area contributed by atoms with Crippen LogP contribution < -0.4 is 20.9 Å². The molecule has 0 saturated heterocycles. The molecule has 6 heteroatoms. The van der Waals surface area contributed by atoms with E-state index < -0.39 is 5.91 Å². The van der Waals surface area contributed by atoms with E-state index in [-0.39, 0.29) is 6.61 Å². The van der Waals surface area contributed by atoms with Crippen molar-refractivity contribution in [3.05, 3.63) is 76.1 Å². The molecule has 1 aromatic heterocycles. The van der Waals surface area contributed by atoms with Crippen LogP contribution in [0.4, 0.5) is 0 Å². The first kappa shape index (κ1) is 24.3. The van der Waals surface area contributed by atoms with Crippen LogP contribution in [-0.4, -0.2) is 18.0 Å². The number of carbonyl (C=O) groups excluding carboxylic acids is 1. The van der Waals surface area contributed by atoms with Gasteiger partial charge in [-0.05, 0) is 55.0 Å². The maximum Gasteiger partial charge on any atom is 0.252 e. The van der Waals surface area contributed by atoms with Gasteiger partial charge in [-0.25, -0.2) is 0 Å². The summed E-state index contributed by atoms with van der Waals surface area (Å²) < 4.78 is 11.5. The topological polar surface area (TPSA) is 100 Å². The summed E-state index contributed by atoms with van der Waals surface area (Å²) in [5, 5.41) is 0. The Kier molecular flexibility index (Phi) is 7.71. The lowest BCUT2D eigenvalue weighted by molar-refractivity contribution is 0.0996. The number of rotatable bonds is 9. The molecule has 33 heavy (non-hydrogen) atoms. The summed E-state index contributed by atoms with van der Waals surface area (Å²) >= 11 is 0. The molecule has 2 aromatic carbocycles. The Hall–Kier alpha value is -3.38. The summed E-state index contributed by atoms with van der Waals surface area (Å²) in [4.78, 5) is 16.9. The molecule has 0 bridgehead atoms. The number of benzene rings is 2. The van der Waals surface area contributed by atoms with Crippen molar-refractivity contribution in [1.82, 2.24) is 4.98 Å². The average molecular weight is 448 g/mol. The molecule has 0 aliphatic carbocycles. The van der Waals surface area contributed by atoms with E-state index in [2.05, 4.69) is 45.0 Å². The van der Waals surface area contributed by atoms with Crippen molar-refractivity contribution in [2.45, 2.75) is 47.3 Å². The number of ether oxygens (including phenoxy) is 2. The predicted molar refractivity (Wildman–Crippen MR) is 131 cm³/mol. The van der Waals surface area contributed by atoms with E-state index in [0.29, 0.717) is 29.5 Å². The number of pyridine rings is 1. The van der Waals surface area contributed by atoms with Gasteiger partial charge in [0.1, 0.15) is 18.1 Å². The molecule has 6 nitrogen and oxygen atoms in total. The third kappa shape index (κ3) is 5.52. The number of nitrogens with two attached hydrogens (primary N) is 2. The molecule has 0 fully saturated rings. The molecule has 0 aliphatic heterocycles. The number of hydrogen-bond donors (Lipinski definition) is 2. The van der Waals surface area contributed by atoms with E-state index in [1.165, 1.54) is 5.56 Å². The maximum absolute atomic E-state index is 11.9. The number of nitrogens with zero attached hydrogens (tertiary/aromatic N) is 1. The van der Waals surface area contributed by atoms with Crippen LogP contribution in [-0.2, 0) is 19.6 Å². The second kappa shape index (κ2) is 10.5. The maximum atomic E-state index is 11.9. The van der Waals surface area contributed by atoms with Gasteiger partial charge in [0.25, 0.3) is 5.91 Å². The van der Waals surface area contributed by atoms with Gasteiger partial charge in [0.2, 0.25) is 0 Å². The molecule has 1 heterocycles. The molecular formula is C27H33N3O3. The summed E-state index contributed by atoms with van der Waals surface area (Å²) in [6.45, 7) is 8.98. The fourth-order valence-corrected chi connectivity index (χ4v) is 3.97. The number of aromatic nitrogens is 1. The minimum atomic E-state index is -0.559. The summed E-state index contributed by atoms with van der Waals surface area (Å²) in [5.74, 6) is 0.844. The highest BCUT2D eigenvalue weighted by molar-refractivity contribution is 5.95. The zero-order chi connectivity index (χ0) is 24.1. The van der Waals surface area contributed by atoms with Crippen molar-refractivity contribution in [2.75, 3.05) is 7.11 Å². The van der Waals surface area contributed by atoms with Gasteiger partial charge in [-0.3, -0.25) is 9.78 Å². The molecule has 4 N–H and O–H groups in total. The smallest absolute Gasteiger partial charge is 0.252 e. The number of primary amides is 1. The van der Waals surface area contributed by atoms with Crippen LogP contribution in [0, 0.1) is 19.8 Å². The van der Waals surface area contributed by atoms with Gasteiger partial charge < -0.3 is 20.9 Å². The molecular weight excluding hydrogens is 414 g/mol. The molecule has 0 unspecified atom stereocenters. The van der Waals surface area contributed by atoms with Crippen molar-refractivity contribution in [3.63, 3.8) is 0 Å². The fraction of sp³-hybridized carbons (Fsp3) is 0.333. The second-order valence-corrected chi connectivity index (χ2v) is 8.66. The molecule has 0 radical (unpaired) electrons. The largest absolute Gasteiger partial charge is 0.497 e. The molecule has 0 spiro atoms. The predicted octanol–water partition coefficient (Wildman–Crippen LogP) is 4.71. The first-order valence-corrected chi connectivity index (χ1v) is 11.1. The lowest BCUT2D eigenvalue weighted by Crippen LogP contribution is -2.16. The molecule has 174 valence electrons. The van der Waals surface area contributed by atoms with Crippen LogP contribution in [0.2, 0.25) is 0 Å². The van der Waals surface area contributed by atoms with Crippen molar-refractivity contribution in [1.29, 1.82) is 0 Å². The minimum absolute atomic E-state index is 0.213. The van der Waals surface area contributed by atoms with Crippen LogP contribution in [0.1, 0.15) is 52.3 Å². The van der Waals surface area contributed by atoms with Gasteiger partial charge in [-0.2, -0.15) is 0 Å². The first-order valence-electron chi connectivity index (χ1n) is 11.1. The van der Waals surface area contributed by atoms with E-state index in [1.807, 2.05) is 6.92 Å². The van der Waals surface area contributed by atoms with E-state index in [4.69, 9.17) is 25.9 Å². The summed E-state index contributed by atoms with van der Waals surface area (Å²) in [7, 11) is 1.56. The van der Waals surface area contributed by atoms with Crippen molar-refractivity contribution >= 4 is 5.91 Å². The third-order valence-electron chi connectivity index (χ3n) is 5.66. The van der Waals surface area contributed by atoms with Crippen molar-refractivity contribution in [3.8, 4) is 22.6 Å². The van der Waals surface area contributed by atoms with Gasteiger partial charge >= 0.3 is 0 Å². The standard InChI is InChI=1S/C27H33N3O3/c1-16(2)12-24-22(14-28)26(19-8-6-17(3)7-9-19)23(18(4)30-24)15-33-25-13-20(32-5)10-11-21(25)27(29)31/h6-11,13,16H,12,14-15,28H2,1-5H3,(H2,29,31). The third-order valence-corrected chi connectivity index (χ3v) is 5.66. The minimum Gasteiger partial charge on any atom is -0.497 e. The molecule has 0 saturated carbocycles. The Balaban J connectivity index is 2.13. The second-order valence-electron chi connectivity index (χ2n) is 8.66. The van der Waals surface area contributed by atoms with E-state index >= 15 is 0 Å². The zero-order valence-electron chi connectivity index (χ0n) is 20.1. The van der Waals surface area contributed by atoms with Crippen LogP contribution >= 0.6 is 0 Å². The molecule has 3 aromatic rings. The van der Waals surface area contributed by atoms with Gasteiger partial charge in [-0.15, -0.1) is 0 Å². The molecule has 0 atom stereocenters. The quantitative estimate of drug-likeness (QED) is 0.495. The number of carbonyl (C=O) groups is 1. The first-order chi connectivity index (χ1) is 15.7. The molecule has 3 rings (SSSR count). The highest BCUT2D eigenvalue weighted by Gasteiger charge is 2.20. The van der Waals surface area contributed by atoms with E-state index in [1.54, 1.807) is 25.3 Å². The number of hydrogen-bond acceptors (Lipinski definition) is 5. The average Bonchev–Trinajstić information content (AvgIpc) is 2.78. The van der Waals surface area contributed by atoms with Crippen molar-refractivity contribution in [2.24, 2.45) is 17.4 Å². The van der Waals surface area contributed by atoms with Crippen LogP contribution in [0.15, 0.2) is 42.5 Å². The Morgan fingerprint density at radius 3 is 2.33 bits per heavy atom. The molecule has 1 amide bonds. The van der Waals surface area contributed by atoms with Gasteiger partial charge in [0.05, 0.1) is 12.7 Å². The Morgan fingerprint density at radius 1 is 1.06 bits per heavy atom. The Bertz CT molecular complexity index is 1140. The SMILES string of the molecule is COc1ccc(C(N)=O)c(OCc2c(C)nc(CC(C)C)c(CN)c2-c2ccc(C)cc2)c1. The van der Waals surface area contributed by atoms with Gasteiger partial charge in [0, 0.05) is 29.6 Å². The Labute approximate surface area is 195 Å². The number of methoxy groups -OCH3 is 1. The summed E-state index contributed by atoms with van der Waals surface area (Å²) in [6, 6.07) is 13.4.